The first-order valence-corrected chi connectivity index (χ1v) is 8.30. The summed E-state index contributed by atoms with van der Waals surface area (Å²) in [6.45, 7) is 12.4. The first-order valence-electron chi connectivity index (χ1n) is 8.30. The molecule has 0 spiro atoms. The van der Waals surface area contributed by atoms with Crippen molar-refractivity contribution in [1.29, 1.82) is 0 Å². The highest BCUT2D eigenvalue weighted by Gasteiger charge is 2.41. The number of rotatable bonds is 2. The number of carbonyl (C=O) groups excluding carboxylic acids is 1. The standard InChI is InChI=1S/C21H24O3/c1-11-7-13(3)17(14(4)8-11)19-20(24-21(22)23-19)18-15(5)9-12(2)10-16(18)6/h7-10,19-20H,1-6H3/t19-,20-/m0/s1. The topological polar surface area (TPSA) is 35.5 Å². The van der Waals surface area contributed by atoms with Crippen LogP contribution >= 0.6 is 0 Å². The third kappa shape index (κ3) is 2.79. The lowest BCUT2D eigenvalue weighted by Gasteiger charge is -2.23. The first-order chi connectivity index (χ1) is 11.3. The van der Waals surface area contributed by atoms with Gasteiger partial charge in [-0.15, -0.1) is 0 Å². The average Bonchev–Trinajstić information content (AvgIpc) is 2.77. The summed E-state index contributed by atoms with van der Waals surface area (Å²) in [6.07, 6.45) is -1.40. The van der Waals surface area contributed by atoms with Crippen molar-refractivity contribution in [3.8, 4) is 0 Å². The van der Waals surface area contributed by atoms with E-state index in [1.807, 2.05) is 0 Å². The van der Waals surface area contributed by atoms with Crippen molar-refractivity contribution >= 4 is 6.16 Å². The molecule has 0 N–H and O–H groups in total. The van der Waals surface area contributed by atoms with Gasteiger partial charge in [-0.05, 0) is 63.8 Å². The van der Waals surface area contributed by atoms with Gasteiger partial charge in [-0.3, -0.25) is 0 Å². The van der Waals surface area contributed by atoms with Gasteiger partial charge in [0.25, 0.3) is 0 Å². The van der Waals surface area contributed by atoms with E-state index in [1.165, 1.54) is 11.1 Å². The molecule has 3 nitrogen and oxygen atoms in total. The van der Waals surface area contributed by atoms with Crippen LogP contribution in [0.1, 0.15) is 56.7 Å². The summed E-state index contributed by atoms with van der Waals surface area (Å²) < 4.78 is 11.2. The number of aryl methyl sites for hydroxylation is 6. The SMILES string of the molecule is Cc1cc(C)c([C@@H]2OC(=O)O[C@H]2c2c(C)cc(C)cc2C)c(C)c1. The zero-order valence-electron chi connectivity index (χ0n) is 15.2. The molecule has 126 valence electrons. The van der Waals surface area contributed by atoms with Crippen LogP contribution in [0.4, 0.5) is 4.79 Å². The molecule has 0 amide bonds. The Labute approximate surface area is 143 Å². The lowest BCUT2D eigenvalue weighted by molar-refractivity contribution is 0.115. The van der Waals surface area contributed by atoms with Crippen molar-refractivity contribution in [2.75, 3.05) is 0 Å². The van der Waals surface area contributed by atoms with Crippen LogP contribution in [-0.4, -0.2) is 6.16 Å². The largest absolute Gasteiger partial charge is 0.509 e. The number of ether oxygens (including phenoxy) is 2. The summed E-state index contributed by atoms with van der Waals surface area (Å²) in [6, 6.07) is 8.50. The van der Waals surface area contributed by atoms with Gasteiger partial charge in [0.1, 0.15) is 0 Å². The smallest absolute Gasteiger partial charge is 0.422 e. The Morgan fingerprint density at radius 3 is 1.21 bits per heavy atom. The maximum Gasteiger partial charge on any atom is 0.509 e. The molecule has 24 heavy (non-hydrogen) atoms. The van der Waals surface area contributed by atoms with E-state index in [9.17, 15) is 4.79 Å². The van der Waals surface area contributed by atoms with Gasteiger partial charge in [0.2, 0.25) is 0 Å². The number of carbonyl (C=O) groups is 1. The quantitative estimate of drug-likeness (QED) is 0.686. The van der Waals surface area contributed by atoms with E-state index in [-0.39, 0.29) is 0 Å². The highest BCUT2D eigenvalue weighted by Crippen LogP contribution is 2.45. The minimum absolute atomic E-state index is 0.404. The molecule has 0 radical (unpaired) electrons. The fourth-order valence-electron chi connectivity index (χ4n) is 4.06. The van der Waals surface area contributed by atoms with E-state index in [0.717, 1.165) is 33.4 Å². The molecular formula is C21H24O3. The van der Waals surface area contributed by atoms with Gasteiger partial charge in [-0.25, -0.2) is 4.79 Å². The van der Waals surface area contributed by atoms with Gasteiger partial charge in [0.05, 0.1) is 0 Å². The Bertz CT molecular complexity index is 706. The third-order valence-corrected chi connectivity index (χ3v) is 4.77. The van der Waals surface area contributed by atoms with Crippen molar-refractivity contribution in [2.24, 2.45) is 0 Å². The molecule has 1 heterocycles. The predicted octanol–water partition coefficient (Wildman–Crippen LogP) is 5.49. The lowest BCUT2D eigenvalue weighted by atomic mass is 9.87. The van der Waals surface area contributed by atoms with Crippen molar-refractivity contribution < 1.29 is 14.3 Å². The van der Waals surface area contributed by atoms with Crippen LogP contribution in [0.5, 0.6) is 0 Å². The summed E-state index contributed by atoms with van der Waals surface area (Å²) in [5.41, 5.74) is 9.03. The van der Waals surface area contributed by atoms with Gasteiger partial charge < -0.3 is 9.47 Å². The minimum atomic E-state index is -0.594. The zero-order valence-corrected chi connectivity index (χ0v) is 15.2. The molecule has 0 bridgehead atoms. The molecule has 0 saturated carbocycles. The van der Waals surface area contributed by atoms with Crippen molar-refractivity contribution in [1.82, 2.24) is 0 Å². The molecule has 1 fully saturated rings. The van der Waals surface area contributed by atoms with E-state index < -0.39 is 18.4 Å². The number of benzene rings is 2. The molecule has 2 aromatic carbocycles. The predicted molar refractivity (Wildman–Crippen MR) is 94.4 cm³/mol. The summed E-state index contributed by atoms with van der Waals surface area (Å²) in [5, 5.41) is 0. The number of cyclic esters (lactones) is 2. The van der Waals surface area contributed by atoms with Gasteiger partial charge in [0, 0.05) is 11.1 Å². The molecule has 0 aliphatic carbocycles. The summed E-state index contributed by atoms with van der Waals surface area (Å²) in [5.74, 6) is 0. The Hall–Kier alpha value is -2.29. The Balaban J connectivity index is 2.14. The lowest BCUT2D eigenvalue weighted by Crippen LogP contribution is -2.13. The molecule has 2 atom stereocenters. The highest BCUT2D eigenvalue weighted by atomic mass is 16.8. The first kappa shape index (κ1) is 16.6. The molecule has 1 saturated heterocycles. The second-order valence-electron chi connectivity index (χ2n) is 6.95. The molecule has 3 rings (SSSR count). The van der Waals surface area contributed by atoms with Crippen molar-refractivity contribution in [2.45, 2.75) is 53.8 Å². The highest BCUT2D eigenvalue weighted by molar-refractivity contribution is 5.65. The molecule has 0 aromatic heterocycles. The summed E-state index contributed by atoms with van der Waals surface area (Å²) in [4.78, 5) is 11.9. The normalized spacial score (nSPS) is 20.0. The van der Waals surface area contributed by atoms with Gasteiger partial charge >= 0.3 is 6.16 Å². The van der Waals surface area contributed by atoms with E-state index >= 15 is 0 Å². The average molecular weight is 324 g/mol. The fourth-order valence-corrected chi connectivity index (χ4v) is 4.06. The minimum Gasteiger partial charge on any atom is -0.422 e. The van der Waals surface area contributed by atoms with Gasteiger partial charge in [0.15, 0.2) is 12.2 Å². The van der Waals surface area contributed by atoms with Crippen LogP contribution < -0.4 is 0 Å². The third-order valence-electron chi connectivity index (χ3n) is 4.77. The van der Waals surface area contributed by atoms with Crippen LogP contribution in [0.3, 0.4) is 0 Å². The Kier molecular flexibility index (Phi) is 4.12. The number of hydrogen-bond donors (Lipinski definition) is 0. The zero-order chi connectivity index (χ0) is 17.6. The van der Waals surface area contributed by atoms with Crippen LogP contribution in [0.15, 0.2) is 24.3 Å². The van der Waals surface area contributed by atoms with Gasteiger partial charge in [-0.1, -0.05) is 35.4 Å². The molecule has 0 unspecified atom stereocenters. The van der Waals surface area contributed by atoms with Gasteiger partial charge in [-0.2, -0.15) is 0 Å². The van der Waals surface area contributed by atoms with Crippen molar-refractivity contribution in [3.05, 3.63) is 68.8 Å². The van der Waals surface area contributed by atoms with Crippen LogP contribution in [0, 0.1) is 41.5 Å². The maximum atomic E-state index is 11.9. The number of hydrogen-bond acceptors (Lipinski definition) is 3. The van der Waals surface area contributed by atoms with E-state index in [2.05, 4.69) is 65.8 Å². The van der Waals surface area contributed by atoms with Crippen molar-refractivity contribution in [3.63, 3.8) is 0 Å². The molecule has 3 heteroatoms. The summed E-state index contributed by atoms with van der Waals surface area (Å²) in [7, 11) is 0. The molecule has 1 aliphatic rings. The van der Waals surface area contributed by atoms with E-state index in [1.54, 1.807) is 0 Å². The monoisotopic (exact) mass is 324 g/mol. The van der Waals surface area contributed by atoms with E-state index in [0.29, 0.717) is 0 Å². The van der Waals surface area contributed by atoms with Crippen LogP contribution in [0.2, 0.25) is 0 Å². The molecular weight excluding hydrogens is 300 g/mol. The van der Waals surface area contributed by atoms with Crippen LogP contribution in [0.25, 0.3) is 0 Å². The fraction of sp³-hybridized carbons (Fsp3) is 0.381. The summed E-state index contributed by atoms with van der Waals surface area (Å²) >= 11 is 0. The van der Waals surface area contributed by atoms with Crippen LogP contribution in [-0.2, 0) is 9.47 Å². The maximum absolute atomic E-state index is 11.9. The second kappa shape index (κ2) is 5.97. The molecule has 1 aliphatic heterocycles. The van der Waals surface area contributed by atoms with E-state index in [4.69, 9.17) is 9.47 Å². The molecule has 2 aromatic rings. The Morgan fingerprint density at radius 2 is 0.917 bits per heavy atom. The second-order valence-corrected chi connectivity index (χ2v) is 6.95. The Morgan fingerprint density at radius 1 is 0.625 bits per heavy atom.